The highest BCUT2D eigenvalue weighted by Crippen LogP contribution is 2.12. The molecule has 0 amide bonds. The van der Waals surface area contributed by atoms with Gasteiger partial charge < -0.3 is 4.84 Å². The van der Waals surface area contributed by atoms with E-state index in [1.807, 2.05) is 0 Å². The highest BCUT2D eigenvalue weighted by atomic mass is 16.7. The third-order valence-electron chi connectivity index (χ3n) is 3.80. The molecule has 0 unspecified atom stereocenters. The summed E-state index contributed by atoms with van der Waals surface area (Å²) in [5.41, 5.74) is 0. The number of carbonyl (C=O) groups is 2. The maximum Gasteiger partial charge on any atom is 0.324 e. The minimum Gasteiger partial charge on any atom is -0.373 e. The molecular formula is C17H33NO3. The minimum atomic E-state index is -0.512. The van der Waals surface area contributed by atoms with Crippen molar-refractivity contribution in [2.45, 2.75) is 96.8 Å². The van der Waals surface area contributed by atoms with E-state index in [9.17, 15) is 9.59 Å². The number of carbonyl (C=O) groups excluding carboxylic acids is 2. The van der Waals surface area contributed by atoms with E-state index in [1.54, 1.807) is 0 Å². The number of rotatable bonds is 15. The molecule has 0 radical (unpaired) electrons. The van der Waals surface area contributed by atoms with E-state index >= 15 is 0 Å². The minimum absolute atomic E-state index is 0.105. The average Bonchev–Trinajstić information content (AvgIpc) is 2.50. The second-order valence-electron chi connectivity index (χ2n) is 5.81. The molecule has 0 fully saturated rings. The molecule has 0 spiro atoms. The van der Waals surface area contributed by atoms with Crippen LogP contribution in [0.2, 0.25) is 0 Å². The van der Waals surface area contributed by atoms with Crippen molar-refractivity contribution in [3.8, 4) is 0 Å². The van der Waals surface area contributed by atoms with Gasteiger partial charge in [0.1, 0.15) is 5.78 Å². The molecular weight excluding hydrogens is 266 g/mol. The van der Waals surface area contributed by atoms with Crippen molar-refractivity contribution in [1.29, 1.82) is 0 Å². The summed E-state index contributed by atoms with van der Waals surface area (Å²) in [6.07, 6.45) is 15.0. The molecule has 0 aliphatic rings. The Kier molecular flexibility index (Phi) is 14.8. The lowest BCUT2D eigenvalue weighted by molar-refractivity contribution is -0.145. The predicted molar refractivity (Wildman–Crippen MR) is 85.6 cm³/mol. The Morgan fingerprint density at radius 1 is 0.714 bits per heavy atom. The number of hydrogen-bond acceptors (Lipinski definition) is 4. The Morgan fingerprint density at radius 3 is 1.67 bits per heavy atom. The van der Waals surface area contributed by atoms with Gasteiger partial charge in [0, 0.05) is 12.8 Å². The van der Waals surface area contributed by atoms with E-state index in [0.29, 0.717) is 6.42 Å². The highest BCUT2D eigenvalue weighted by Gasteiger charge is 2.06. The topological polar surface area (TPSA) is 69.4 Å². The van der Waals surface area contributed by atoms with Crippen LogP contribution in [0.25, 0.3) is 0 Å². The van der Waals surface area contributed by atoms with Crippen LogP contribution in [-0.4, -0.2) is 11.8 Å². The highest BCUT2D eigenvalue weighted by molar-refractivity contribution is 5.82. The van der Waals surface area contributed by atoms with Gasteiger partial charge in [-0.1, -0.05) is 71.1 Å². The fourth-order valence-electron chi connectivity index (χ4n) is 2.41. The average molecular weight is 299 g/mol. The summed E-state index contributed by atoms with van der Waals surface area (Å²) in [6, 6.07) is 0. The van der Waals surface area contributed by atoms with Crippen molar-refractivity contribution < 1.29 is 14.4 Å². The van der Waals surface area contributed by atoms with Gasteiger partial charge in [0.25, 0.3) is 0 Å². The maximum absolute atomic E-state index is 11.5. The smallest absolute Gasteiger partial charge is 0.324 e. The van der Waals surface area contributed by atoms with Crippen LogP contribution in [0.4, 0.5) is 0 Å². The lowest BCUT2D eigenvalue weighted by atomic mass is 10.0. The summed E-state index contributed by atoms with van der Waals surface area (Å²) < 4.78 is 0. The van der Waals surface area contributed by atoms with Crippen LogP contribution in [-0.2, 0) is 14.4 Å². The zero-order valence-corrected chi connectivity index (χ0v) is 13.7. The lowest BCUT2D eigenvalue weighted by Crippen LogP contribution is -2.11. The Hall–Kier alpha value is -0.900. The van der Waals surface area contributed by atoms with Crippen molar-refractivity contribution in [2.24, 2.45) is 5.90 Å². The fraction of sp³-hybridized carbons (Fsp3) is 0.882. The van der Waals surface area contributed by atoms with Crippen LogP contribution >= 0.6 is 0 Å². The molecule has 4 nitrogen and oxygen atoms in total. The summed E-state index contributed by atoms with van der Waals surface area (Å²) in [4.78, 5) is 26.3. The SMILES string of the molecule is CCCCCCCCCCCCCC(=O)CCC(=O)ON. The first-order valence-corrected chi connectivity index (χ1v) is 8.62. The van der Waals surface area contributed by atoms with E-state index in [0.717, 1.165) is 12.8 Å². The van der Waals surface area contributed by atoms with Crippen LogP contribution in [0.15, 0.2) is 0 Å². The molecule has 0 atom stereocenters. The first kappa shape index (κ1) is 20.1. The summed E-state index contributed by atoms with van der Waals surface area (Å²) in [5.74, 6) is 4.33. The number of nitrogens with two attached hydrogens (primary N) is 1. The molecule has 0 aromatic heterocycles. The quantitative estimate of drug-likeness (QED) is 0.358. The number of unbranched alkanes of at least 4 members (excludes halogenated alkanes) is 10. The van der Waals surface area contributed by atoms with Gasteiger partial charge in [0.05, 0.1) is 6.42 Å². The summed E-state index contributed by atoms with van der Waals surface area (Å²) in [5, 5.41) is 0. The molecule has 0 aromatic rings. The van der Waals surface area contributed by atoms with Crippen molar-refractivity contribution in [1.82, 2.24) is 0 Å². The van der Waals surface area contributed by atoms with Gasteiger partial charge in [0.15, 0.2) is 0 Å². The number of hydrogen-bond donors (Lipinski definition) is 1. The molecule has 0 aliphatic carbocycles. The Bertz CT molecular complexity index is 267. The zero-order valence-electron chi connectivity index (χ0n) is 13.7. The Labute approximate surface area is 129 Å². The normalized spacial score (nSPS) is 10.6. The van der Waals surface area contributed by atoms with Crippen LogP contribution in [0.1, 0.15) is 96.8 Å². The largest absolute Gasteiger partial charge is 0.373 e. The zero-order chi connectivity index (χ0) is 15.8. The van der Waals surface area contributed by atoms with E-state index in [-0.39, 0.29) is 18.6 Å². The van der Waals surface area contributed by atoms with Gasteiger partial charge >= 0.3 is 5.97 Å². The second-order valence-corrected chi connectivity index (χ2v) is 5.81. The van der Waals surface area contributed by atoms with Crippen LogP contribution in [0, 0.1) is 0 Å². The standard InChI is InChI=1S/C17H33NO3/c1-2-3-4-5-6-7-8-9-10-11-12-13-16(19)14-15-17(20)21-18/h2-15,18H2,1H3. The number of ketones is 1. The molecule has 4 heteroatoms. The molecule has 0 saturated heterocycles. The van der Waals surface area contributed by atoms with Crippen LogP contribution in [0.3, 0.4) is 0 Å². The Morgan fingerprint density at radius 2 is 1.19 bits per heavy atom. The van der Waals surface area contributed by atoms with Crippen molar-refractivity contribution in [2.75, 3.05) is 0 Å². The molecule has 0 heterocycles. The third kappa shape index (κ3) is 15.3. The van der Waals surface area contributed by atoms with Crippen molar-refractivity contribution >= 4 is 11.8 Å². The predicted octanol–water partition coefficient (Wildman–Crippen LogP) is 4.45. The molecule has 0 saturated carbocycles. The van der Waals surface area contributed by atoms with Crippen molar-refractivity contribution in [3.05, 3.63) is 0 Å². The first-order valence-electron chi connectivity index (χ1n) is 8.62. The fourth-order valence-corrected chi connectivity index (χ4v) is 2.41. The third-order valence-corrected chi connectivity index (χ3v) is 3.80. The van der Waals surface area contributed by atoms with Gasteiger partial charge in [-0.25, -0.2) is 0 Å². The lowest BCUT2D eigenvalue weighted by Gasteiger charge is -2.03. The van der Waals surface area contributed by atoms with Gasteiger partial charge in [-0.05, 0) is 6.42 Å². The maximum atomic E-state index is 11.5. The molecule has 124 valence electrons. The van der Waals surface area contributed by atoms with Crippen LogP contribution in [0.5, 0.6) is 0 Å². The van der Waals surface area contributed by atoms with Gasteiger partial charge in [-0.15, -0.1) is 0 Å². The van der Waals surface area contributed by atoms with Crippen molar-refractivity contribution in [3.63, 3.8) is 0 Å². The number of Topliss-reactive ketones (excluding diaryl/α,β-unsaturated/α-hetero) is 1. The molecule has 0 aromatic carbocycles. The van der Waals surface area contributed by atoms with E-state index in [1.165, 1.54) is 57.8 Å². The molecule has 0 aliphatic heterocycles. The van der Waals surface area contributed by atoms with E-state index in [4.69, 9.17) is 5.90 Å². The molecule has 21 heavy (non-hydrogen) atoms. The summed E-state index contributed by atoms with van der Waals surface area (Å²) in [6.45, 7) is 2.24. The van der Waals surface area contributed by atoms with Gasteiger partial charge in [-0.2, -0.15) is 5.90 Å². The van der Waals surface area contributed by atoms with Crippen LogP contribution < -0.4 is 5.90 Å². The van der Waals surface area contributed by atoms with Gasteiger partial charge in [-0.3, -0.25) is 9.59 Å². The summed E-state index contributed by atoms with van der Waals surface area (Å²) in [7, 11) is 0. The van der Waals surface area contributed by atoms with E-state index in [2.05, 4.69) is 11.8 Å². The monoisotopic (exact) mass is 299 g/mol. The summed E-state index contributed by atoms with van der Waals surface area (Å²) >= 11 is 0. The van der Waals surface area contributed by atoms with E-state index < -0.39 is 5.97 Å². The first-order chi connectivity index (χ1) is 10.2. The second kappa shape index (κ2) is 15.5. The molecule has 2 N–H and O–H groups in total. The molecule has 0 rings (SSSR count). The Balaban J connectivity index is 3.18. The van der Waals surface area contributed by atoms with Gasteiger partial charge in [0.2, 0.25) is 0 Å². The molecule has 0 bridgehead atoms.